The van der Waals surface area contributed by atoms with Gasteiger partial charge in [0.15, 0.2) is 0 Å². The molecule has 0 fully saturated rings. The van der Waals surface area contributed by atoms with Crippen molar-refractivity contribution in [2.75, 3.05) is 10.6 Å². The molecule has 1 unspecified atom stereocenters. The second kappa shape index (κ2) is 6.88. The number of carbonyl (C=O) groups is 1. The van der Waals surface area contributed by atoms with Gasteiger partial charge in [-0.05, 0) is 44.0 Å². The highest BCUT2D eigenvalue weighted by molar-refractivity contribution is 6.05. The number of hydrogen-bond donors (Lipinski definition) is 2. The number of anilines is 2. The molecule has 110 valence electrons. The molecular weight excluding hydrogens is 262 g/mol. The summed E-state index contributed by atoms with van der Waals surface area (Å²) in [6.07, 6.45) is 2.70. The van der Waals surface area contributed by atoms with E-state index >= 15 is 0 Å². The van der Waals surface area contributed by atoms with Gasteiger partial charge in [0, 0.05) is 11.6 Å². The first kappa shape index (κ1) is 15.0. The van der Waals surface area contributed by atoms with E-state index in [-0.39, 0.29) is 5.91 Å². The van der Waals surface area contributed by atoms with Crippen LogP contribution in [0.2, 0.25) is 0 Å². The predicted octanol–water partition coefficient (Wildman–Crippen LogP) is 3.85. The van der Waals surface area contributed by atoms with Gasteiger partial charge in [-0.25, -0.2) is 4.98 Å². The molecule has 1 atom stereocenters. The van der Waals surface area contributed by atoms with Crippen molar-refractivity contribution in [1.29, 1.82) is 0 Å². The highest BCUT2D eigenvalue weighted by Crippen LogP contribution is 2.14. The zero-order chi connectivity index (χ0) is 15.2. The first-order valence-corrected chi connectivity index (χ1v) is 7.19. The summed E-state index contributed by atoms with van der Waals surface area (Å²) >= 11 is 0. The number of benzene rings is 1. The number of aryl methyl sites for hydroxylation is 1. The van der Waals surface area contributed by atoms with Gasteiger partial charge in [0.05, 0.1) is 11.9 Å². The van der Waals surface area contributed by atoms with E-state index in [9.17, 15) is 4.79 Å². The number of nitrogens with zero attached hydrogens (tertiary/aromatic N) is 1. The van der Waals surface area contributed by atoms with Crippen molar-refractivity contribution in [3.05, 3.63) is 53.7 Å². The van der Waals surface area contributed by atoms with Crippen molar-refractivity contribution < 1.29 is 4.79 Å². The van der Waals surface area contributed by atoms with E-state index in [1.807, 2.05) is 43.3 Å². The Balaban J connectivity index is 2.03. The third-order valence-corrected chi connectivity index (χ3v) is 3.42. The zero-order valence-corrected chi connectivity index (χ0v) is 12.7. The van der Waals surface area contributed by atoms with Gasteiger partial charge in [-0.1, -0.05) is 25.1 Å². The second-order valence-corrected chi connectivity index (χ2v) is 5.15. The maximum atomic E-state index is 12.2. The summed E-state index contributed by atoms with van der Waals surface area (Å²) in [6, 6.07) is 11.6. The molecule has 0 aliphatic rings. The summed E-state index contributed by atoms with van der Waals surface area (Å²) in [7, 11) is 0. The van der Waals surface area contributed by atoms with Gasteiger partial charge in [0.25, 0.3) is 5.91 Å². The Morgan fingerprint density at radius 2 is 2.00 bits per heavy atom. The normalized spacial score (nSPS) is 11.8. The van der Waals surface area contributed by atoms with Crippen LogP contribution < -0.4 is 10.6 Å². The van der Waals surface area contributed by atoms with Crippen molar-refractivity contribution in [3.8, 4) is 0 Å². The highest BCUT2D eigenvalue weighted by Gasteiger charge is 2.08. The van der Waals surface area contributed by atoms with E-state index in [0.717, 1.165) is 17.8 Å². The SMILES string of the molecule is CCC(C)Nc1ccc(NC(=O)c2ccccc2C)cn1. The Morgan fingerprint density at radius 3 is 2.62 bits per heavy atom. The fraction of sp³-hybridized carbons (Fsp3) is 0.294. The van der Waals surface area contributed by atoms with E-state index in [0.29, 0.717) is 17.3 Å². The minimum absolute atomic E-state index is 0.113. The number of carbonyl (C=O) groups excluding carboxylic acids is 1. The number of rotatable bonds is 5. The molecule has 0 bridgehead atoms. The standard InChI is InChI=1S/C17H21N3O/c1-4-13(3)19-16-10-9-14(11-18-16)20-17(21)15-8-6-5-7-12(15)2/h5-11,13H,4H2,1-3H3,(H,18,19)(H,20,21). The average molecular weight is 283 g/mol. The first-order valence-electron chi connectivity index (χ1n) is 7.19. The number of amides is 1. The zero-order valence-electron chi connectivity index (χ0n) is 12.7. The molecule has 1 aromatic carbocycles. The fourth-order valence-corrected chi connectivity index (χ4v) is 1.93. The topological polar surface area (TPSA) is 54.0 Å². The minimum Gasteiger partial charge on any atom is -0.368 e. The van der Waals surface area contributed by atoms with E-state index in [1.165, 1.54) is 0 Å². The van der Waals surface area contributed by atoms with Crippen LogP contribution in [-0.4, -0.2) is 16.9 Å². The molecule has 0 saturated carbocycles. The van der Waals surface area contributed by atoms with E-state index in [1.54, 1.807) is 6.20 Å². The van der Waals surface area contributed by atoms with E-state index in [4.69, 9.17) is 0 Å². The van der Waals surface area contributed by atoms with Crippen LogP contribution in [0.4, 0.5) is 11.5 Å². The molecule has 2 N–H and O–H groups in total. The molecule has 4 nitrogen and oxygen atoms in total. The van der Waals surface area contributed by atoms with Crippen LogP contribution in [0.1, 0.15) is 36.2 Å². The van der Waals surface area contributed by atoms with Gasteiger partial charge in [0.2, 0.25) is 0 Å². The molecule has 0 radical (unpaired) electrons. The molecule has 0 saturated heterocycles. The smallest absolute Gasteiger partial charge is 0.255 e. The summed E-state index contributed by atoms with van der Waals surface area (Å²) in [5.41, 5.74) is 2.33. The quantitative estimate of drug-likeness (QED) is 0.876. The first-order chi connectivity index (χ1) is 10.1. The molecule has 0 aliphatic carbocycles. The van der Waals surface area contributed by atoms with Crippen LogP contribution in [0, 0.1) is 6.92 Å². The molecule has 2 rings (SSSR count). The van der Waals surface area contributed by atoms with Crippen molar-refractivity contribution in [2.45, 2.75) is 33.2 Å². The summed E-state index contributed by atoms with van der Waals surface area (Å²) < 4.78 is 0. The van der Waals surface area contributed by atoms with Gasteiger partial charge >= 0.3 is 0 Å². The Hall–Kier alpha value is -2.36. The van der Waals surface area contributed by atoms with Gasteiger partial charge in [0.1, 0.15) is 5.82 Å². The van der Waals surface area contributed by atoms with Crippen molar-refractivity contribution in [2.24, 2.45) is 0 Å². The van der Waals surface area contributed by atoms with Crippen LogP contribution >= 0.6 is 0 Å². The molecule has 1 aromatic heterocycles. The highest BCUT2D eigenvalue weighted by atomic mass is 16.1. The summed E-state index contributed by atoms with van der Waals surface area (Å²) in [4.78, 5) is 16.5. The van der Waals surface area contributed by atoms with Gasteiger partial charge in [-0.2, -0.15) is 0 Å². The third kappa shape index (κ3) is 4.05. The fourth-order valence-electron chi connectivity index (χ4n) is 1.93. The monoisotopic (exact) mass is 283 g/mol. The van der Waals surface area contributed by atoms with Crippen molar-refractivity contribution in [1.82, 2.24) is 4.98 Å². The Labute approximate surface area is 125 Å². The molecular formula is C17H21N3O. The van der Waals surface area contributed by atoms with Crippen molar-refractivity contribution in [3.63, 3.8) is 0 Å². The number of nitrogens with one attached hydrogen (secondary N) is 2. The van der Waals surface area contributed by atoms with Crippen LogP contribution in [0.15, 0.2) is 42.6 Å². The average Bonchev–Trinajstić information content (AvgIpc) is 2.49. The van der Waals surface area contributed by atoms with Crippen LogP contribution in [-0.2, 0) is 0 Å². The van der Waals surface area contributed by atoms with Crippen LogP contribution in [0.5, 0.6) is 0 Å². The van der Waals surface area contributed by atoms with E-state index in [2.05, 4.69) is 29.5 Å². The molecule has 4 heteroatoms. The molecule has 1 heterocycles. The predicted molar refractivity (Wildman–Crippen MR) is 86.7 cm³/mol. The summed E-state index contributed by atoms with van der Waals surface area (Å²) in [5.74, 6) is 0.704. The second-order valence-electron chi connectivity index (χ2n) is 5.15. The van der Waals surface area contributed by atoms with Crippen LogP contribution in [0.3, 0.4) is 0 Å². The third-order valence-electron chi connectivity index (χ3n) is 3.42. The van der Waals surface area contributed by atoms with E-state index < -0.39 is 0 Å². The summed E-state index contributed by atoms with van der Waals surface area (Å²) in [6.45, 7) is 6.15. The lowest BCUT2D eigenvalue weighted by atomic mass is 10.1. The lowest BCUT2D eigenvalue weighted by molar-refractivity contribution is 0.102. The molecule has 2 aromatic rings. The van der Waals surface area contributed by atoms with Gasteiger partial charge in [-0.3, -0.25) is 4.79 Å². The minimum atomic E-state index is -0.113. The maximum absolute atomic E-state index is 12.2. The Kier molecular flexibility index (Phi) is 4.93. The van der Waals surface area contributed by atoms with Gasteiger partial charge in [-0.15, -0.1) is 0 Å². The Bertz CT molecular complexity index is 608. The van der Waals surface area contributed by atoms with Gasteiger partial charge < -0.3 is 10.6 Å². The Morgan fingerprint density at radius 1 is 1.24 bits per heavy atom. The number of aromatic nitrogens is 1. The van der Waals surface area contributed by atoms with Crippen LogP contribution in [0.25, 0.3) is 0 Å². The molecule has 0 spiro atoms. The number of pyridine rings is 1. The number of hydrogen-bond acceptors (Lipinski definition) is 3. The lowest BCUT2D eigenvalue weighted by Gasteiger charge is -2.12. The largest absolute Gasteiger partial charge is 0.368 e. The molecule has 21 heavy (non-hydrogen) atoms. The molecule has 0 aliphatic heterocycles. The maximum Gasteiger partial charge on any atom is 0.255 e. The molecule has 1 amide bonds. The summed E-state index contributed by atoms with van der Waals surface area (Å²) in [5, 5.41) is 6.15. The van der Waals surface area contributed by atoms with Crippen molar-refractivity contribution >= 4 is 17.4 Å². The lowest BCUT2D eigenvalue weighted by Crippen LogP contribution is -2.15.